The van der Waals surface area contributed by atoms with E-state index in [0.717, 1.165) is 0 Å². The highest BCUT2D eigenvalue weighted by Gasteiger charge is 2.41. The number of pyridine rings is 1. The molecule has 0 bridgehead atoms. The van der Waals surface area contributed by atoms with Crippen molar-refractivity contribution >= 4 is 28.5 Å². The largest absolute Gasteiger partial charge is 0.506 e. The number of rotatable bonds is 13. The molecule has 2 rings (SSSR count). The molecule has 28 heavy (non-hydrogen) atoms. The Morgan fingerprint density at radius 2 is 2.07 bits per heavy atom. The van der Waals surface area contributed by atoms with Crippen LogP contribution in [-0.2, 0) is 19.0 Å². The van der Waals surface area contributed by atoms with Gasteiger partial charge in [0.15, 0.2) is 5.54 Å². The van der Waals surface area contributed by atoms with Gasteiger partial charge in [0.05, 0.1) is 44.9 Å². The number of carboxylic acid groups (broad SMARTS) is 1. The molecule has 0 amide bonds. The van der Waals surface area contributed by atoms with Crippen molar-refractivity contribution in [2.75, 3.05) is 57.8 Å². The third-order valence-corrected chi connectivity index (χ3v) is 5.03. The van der Waals surface area contributed by atoms with Gasteiger partial charge in [0.2, 0.25) is 0 Å². The maximum atomic E-state index is 11.4. The number of anilines is 1. The lowest BCUT2D eigenvalue weighted by molar-refractivity contribution is -0.140. The zero-order chi connectivity index (χ0) is 20.4. The highest BCUT2D eigenvalue weighted by atomic mass is 32.2. The first-order valence-electron chi connectivity index (χ1n) is 8.69. The molecular weight excluding hydrogens is 386 g/mol. The van der Waals surface area contributed by atoms with Crippen LogP contribution in [0.4, 0.5) is 5.69 Å². The van der Waals surface area contributed by atoms with Gasteiger partial charge >= 0.3 is 5.97 Å². The van der Waals surface area contributed by atoms with Crippen LogP contribution >= 0.6 is 11.8 Å². The minimum Gasteiger partial charge on any atom is -0.506 e. The highest BCUT2D eigenvalue weighted by molar-refractivity contribution is 8.14. The van der Waals surface area contributed by atoms with Crippen molar-refractivity contribution in [3.63, 3.8) is 0 Å². The predicted octanol–water partition coefficient (Wildman–Crippen LogP) is 1.38. The van der Waals surface area contributed by atoms with Crippen LogP contribution in [0.25, 0.3) is 0 Å². The minimum absolute atomic E-state index is 0.0750. The fourth-order valence-corrected chi connectivity index (χ4v) is 3.48. The summed E-state index contributed by atoms with van der Waals surface area (Å²) in [5.74, 6) is -0.935. The van der Waals surface area contributed by atoms with E-state index in [4.69, 9.17) is 14.2 Å². The zero-order valence-corrected chi connectivity index (χ0v) is 16.5. The molecule has 0 aliphatic carbocycles. The number of nitrogens with zero attached hydrogens (tertiary/aromatic N) is 2. The molecule has 0 fully saturated rings. The van der Waals surface area contributed by atoms with Crippen molar-refractivity contribution in [2.45, 2.75) is 5.54 Å². The standard InChI is InChI=1S/C18H25N3O6S/c1-3-18(17(23)24)12-28-16(21-18)15-14(22)10-13(11-20-15)19-4-5-26-8-9-27-7-6-25-2/h3,10-11,19,22H,1,4-9,12H2,2H3,(H,23,24)/t18-/m1/s1. The SMILES string of the molecule is C=C[C@]1(C(=O)O)CSC(c2ncc(NCCOCCOCCOC)cc2O)=N1. The lowest BCUT2D eigenvalue weighted by Gasteiger charge is -2.13. The van der Waals surface area contributed by atoms with Crippen LogP contribution in [0.3, 0.4) is 0 Å². The second-order valence-corrected chi connectivity index (χ2v) is 6.84. The Morgan fingerprint density at radius 1 is 1.36 bits per heavy atom. The zero-order valence-electron chi connectivity index (χ0n) is 15.7. The molecule has 0 saturated heterocycles. The molecule has 1 aliphatic heterocycles. The third kappa shape index (κ3) is 5.93. The lowest BCUT2D eigenvalue weighted by atomic mass is 10.0. The van der Waals surface area contributed by atoms with E-state index in [0.29, 0.717) is 50.3 Å². The summed E-state index contributed by atoms with van der Waals surface area (Å²) in [6, 6.07) is 1.52. The molecule has 0 unspecified atom stereocenters. The molecule has 9 nitrogen and oxygen atoms in total. The van der Waals surface area contributed by atoms with Crippen molar-refractivity contribution in [2.24, 2.45) is 4.99 Å². The van der Waals surface area contributed by atoms with E-state index in [1.165, 1.54) is 23.9 Å². The fourth-order valence-electron chi connectivity index (χ4n) is 2.29. The number of aromatic hydroxyl groups is 1. The summed E-state index contributed by atoms with van der Waals surface area (Å²) in [6.45, 7) is 6.65. The lowest BCUT2D eigenvalue weighted by Crippen LogP contribution is -2.34. The van der Waals surface area contributed by atoms with Gasteiger partial charge in [-0.2, -0.15) is 0 Å². The molecule has 1 aromatic heterocycles. The highest BCUT2D eigenvalue weighted by Crippen LogP contribution is 2.34. The molecule has 1 atom stereocenters. The average Bonchev–Trinajstić information content (AvgIpc) is 3.12. The minimum atomic E-state index is -1.38. The summed E-state index contributed by atoms with van der Waals surface area (Å²) < 4.78 is 15.6. The van der Waals surface area contributed by atoms with Gasteiger partial charge in [-0.05, 0) is 0 Å². The van der Waals surface area contributed by atoms with Crippen LogP contribution in [0.15, 0.2) is 29.9 Å². The van der Waals surface area contributed by atoms with Gasteiger partial charge in [-0.3, -0.25) is 4.99 Å². The van der Waals surface area contributed by atoms with Crippen molar-refractivity contribution in [3.05, 3.63) is 30.6 Å². The van der Waals surface area contributed by atoms with Crippen LogP contribution in [-0.4, -0.2) is 84.2 Å². The normalized spacial score (nSPS) is 18.7. The van der Waals surface area contributed by atoms with E-state index in [1.54, 1.807) is 13.3 Å². The number of thioether (sulfide) groups is 1. The van der Waals surface area contributed by atoms with Gasteiger partial charge in [0.25, 0.3) is 0 Å². The number of nitrogens with one attached hydrogen (secondary N) is 1. The number of aromatic nitrogens is 1. The van der Waals surface area contributed by atoms with Crippen molar-refractivity contribution in [3.8, 4) is 5.75 Å². The Hall–Kier alpha value is -2.14. The van der Waals surface area contributed by atoms with Crippen molar-refractivity contribution < 1.29 is 29.2 Å². The van der Waals surface area contributed by atoms with E-state index in [-0.39, 0.29) is 17.2 Å². The van der Waals surface area contributed by atoms with Gasteiger partial charge in [-0.1, -0.05) is 6.08 Å². The maximum absolute atomic E-state index is 11.4. The monoisotopic (exact) mass is 411 g/mol. The van der Waals surface area contributed by atoms with E-state index in [2.05, 4.69) is 21.9 Å². The van der Waals surface area contributed by atoms with Crippen LogP contribution in [0.1, 0.15) is 5.69 Å². The first kappa shape index (κ1) is 22.2. The van der Waals surface area contributed by atoms with Crippen LogP contribution in [0, 0.1) is 0 Å². The van der Waals surface area contributed by atoms with Crippen molar-refractivity contribution in [1.82, 2.24) is 4.98 Å². The Labute approximate surface area is 167 Å². The molecule has 0 aromatic carbocycles. The van der Waals surface area contributed by atoms with Gasteiger partial charge in [0.1, 0.15) is 16.5 Å². The van der Waals surface area contributed by atoms with E-state index >= 15 is 0 Å². The molecule has 10 heteroatoms. The van der Waals surface area contributed by atoms with Crippen molar-refractivity contribution in [1.29, 1.82) is 0 Å². The maximum Gasteiger partial charge on any atom is 0.336 e. The van der Waals surface area contributed by atoms with Crippen LogP contribution < -0.4 is 5.32 Å². The van der Waals surface area contributed by atoms with Crippen LogP contribution in [0.2, 0.25) is 0 Å². The van der Waals surface area contributed by atoms with Gasteiger partial charge in [-0.15, -0.1) is 18.3 Å². The Bertz CT molecular complexity index is 715. The third-order valence-electron chi connectivity index (χ3n) is 3.89. The Kier molecular flexibility index (Phi) is 8.71. The first-order chi connectivity index (χ1) is 13.5. The summed E-state index contributed by atoms with van der Waals surface area (Å²) in [4.78, 5) is 19.8. The quantitative estimate of drug-likeness (QED) is 0.326. The van der Waals surface area contributed by atoms with Gasteiger partial charge < -0.3 is 29.7 Å². The number of hydrogen-bond donors (Lipinski definition) is 3. The summed E-state index contributed by atoms with van der Waals surface area (Å²) in [6.07, 6.45) is 2.85. The second kappa shape index (κ2) is 11.0. The molecule has 0 saturated carbocycles. The summed E-state index contributed by atoms with van der Waals surface area (Å²) >= 11 is 1.22. The Balaban J connectivity index is 1.81. The first-order valence-corrected chi connectivity index (χ1v) is 9.68. The molecule has 0 spiro atoms. The van der Waals surface area contributed by atoms with E-state index < -0.39 is 11.5 Å². The molecule has 1 aliphatic rings. The number of aliphatic carboxylic acids is 1. The van der Waals surface area contributed by atoms with Gasteiger partial charge in [-0.25, -0.2) is 9.78 Å². The number of methoxy groups -OCH3 is 1. The molecule has 154 valence electrons. The van der Waals surface area contributed by atoms with Gasteiger partial charge in [0, 0.05) is 25.5 Å². The number of hydrogen-bond acceptors (Lipinski definition) is 9. The predicted molar refractivity (Wildman–Crippen MR) is 107 cm³/mol. The summed E-state index contributed by atoms with van der Waals surface area (Å²) in [5, 5.41) is 23.1. The topological polar surface area (TPSA) is 123 Å². The number of carboxylic acids is 1. The molecular formula is C18H25N3O6S. The molecule has 2 heterocycles. The molecule has 3 N–H and O–H groups in total. The number of ether oxygens (including phenoxy) is 3. The average molecular weight is 411 g/mol. The van der Waals surface area contributed by atoms with E-state index in [1.807, 2.05) is 0 Å². The smallest absolute Gasteiger partial charge is 0.336 e. The number of carbonyl (C=O) groups is 1. The fraction of sp³-hybridized carbons (Fsp3) is 0.500. The molecule has 1 aromatic rings. The van der Waals surface area contributed by atoms with E-state index in [9.17, 15) is 15.0 Å². The number of aliphatic imine (C=N–C) groups is 1. The molecule has 0 radical (unpaired) electrons. The second-order valence-electron chi connectivity index (χ2n) is 5.88. The Morgan fingerprint density at radius 3 is 2.68 bits per heavy atom. The summed E-state index contributed by atoms with van der Waals surface area (Å²) in [7, 11) is 1.62. The van der Waals surface area contributed by atoms with Crippen LogP contribution in [0.5, 0.6) is 5.75 Å². The summed E-state index contributed by atoms with van der Waals surface area (Å²) in [5.41, 5.74) is -0.502.